The third-order valence-corrected chi connectivity index (χ3v) is 3.31. The van der Waals surface area contributed by atoms with Gasteiger partial charge >= 0.3 is 0 Å². The summed E-state index contributed by atoms with van der Waals surface area (Å²) in [7, 11) is 0. The first-order valence-corrected chi connectivity index (χ1v) is 6.79. The van der Waals surface area contributed by atoms with Crippen LogP contribution in [0.4, 0.5) is 0 Å². The summed E-state index contributed by atoms with van der Waals surface area (Å²) in [5, 5.41) is 13.3. The molecule has 0 bridgehead atoms. The van der Waals surface area contributed by atoms with E-state index in [9.17, 15) is 4.79 Å². The number of oxime groups is 1. The highest BCUT2D eigenvalue weighted by Gasteiger charge is 2.08. The van der Waals surface area contributed by atoms with Crippen LogP contribution in [0.1, 0.15) is 5.56 Å². The number of hydrogen-bond donors (Lipinski definition) is 2. The molecule has 0 amide bonds. The van der Waals surface area contributed by atoms with Crippen molar-refractivity contribution in [2.24, 2.45) is 5.16 Å². The maximum Gasteiger partial charge on any atom is 0.248 e. The van der Waals surface area contributed by atoms with Crippen LogP contribution in [0.3, 0.4) is 0 Å². The molecule has 0 unspecified atom stereocenters. The lowest BCUT2D eigenvalue weighted by Crippen LogP contribution is -2.14. The predicted molar refractivity (Wildman–Crippen MR) is 84.8 cm³/mol. The molecule has 1 heterocycles. The van der Waals surface area contributed by atoms with Crippen LogP contribution < -0.4 is 10.3 Å². The van der Waals surface area contributed by atoms with E-state index >= 15 is 0 Å². The number of nitrogens with zero attached hydrogens (tertiary/aromatic N) is 1. The molecule has 0 aliphatic rings. The number of para-hydroxylation sites is 1. The van der Waals surface area contributed by atoms with Gasteiger partial charge in [0.15, 0.2) is 0 Å². The van der Waals surface area contributed by atoms with Gasteiger partial charge in [-0.15, -0.1) is 0 Å². The number of ether oxygens (including phenoxy) is 1. The largest absolute Gasteiger partial charge is 0.485 e. The molecule has 110 valence electrons. The van der Waals surface area contributed by atoms with Crippen LogP contribution in [0.5, 0.6) is 5.75 Å². The van der Waals surface area contributed by atoms with Crippen LogP contribution in [0.15, 0.2) is 70.6 Å². The van der Waals surface area contributed by atoms with Gasteiger partial charge in [0.1, 0.15) is 18.1 Å². The third kappa shape index (κ3) is 2.83. The minimum atomic E-state index is -0.192. The molecule has 3 aromatic rings. The quantitative estimate of drug-likeness (QED) is 0.441. The molecule has 0 aliphatic carbocycles. The Bertz CT molecular complexity index is 870. The van der Waals surface area contributed by atoms with E-state index in [4.69, 9.17) is 9.94 Å². The second-order valence-corrected chi connectivity index (χ2v) is 4.74. The molecule has 0 fully saturated rings. The van der Waals surface area contributed by atoms with Crippen LogP contribution >= 0.6 is 0 Å². The smallest absolute Gasteiger partial charge is 0.248 e. The minimum Gasteiger partial charge on any atom is -0.485 e. The summed E-state index contributed by atoms with van der Waals surface area (Å²) < 4.78 is 5.72. The predicted octanol–water partition coefficient (Wildman–Crippen LogP) is 2.79. The minimum absolute atomic E-state index is 0.0938. The van der Waals surface area contributed by atoms with Crippen molar-refractivity contribution in [1.82, 2.24) is 4.98 Å². The number of aromatic nitrogens is 1. The first kappa shape index (κ1) is 13.9. The summed E-state index contributed by atoms with van der Waals surface area (Å²) in [6.07, 6.45) is 0. The van der Waals surface area contributed by atoms with E-state index in [2.05, 4.69) is 10.1 Å². The Kier molecular flexibility index (Phi) is 3.87. The van der Waals surface area contributed by atoms with Gasteiger partial charge < -0.3 is 14.9 Å². The molecule has 2 N–H and O–H groups in total. The van der Waals surface area contributed by atoms with E-state index in [-0.39, 0.29) is 12.2 Å². The highest BCUT2D eigenvalue weighted by molar-refractivity contribution is 6.01. The Hall–Kier alpha value is -3.08. The fourth-order valence-electron chi connectivity index (χ4n) is 2.22. The van der Waals surface area contributed by atoms with E-state index in [1.54, 1.807) is 12.1 Å². The van der Waals surface area contributed by atoms with Crippen LogP contribution in [0.25, 0.3) is 10.9 Å². The Balaban J connectivity index is 1.88. The van der Waals surface area contributed by atoms with Gasteiger partial charge in [0.25, 0.3) is 0 Å². The number of pyridine rings is 1. The van der Waals surface area contributed by atoms with Gasteiger partial charge in [-0.25, -0.2) is 0 Å². The molecule has 0 saturated heterocycles. The number of benzene rings is 2. The van der Waals surface area contributed by atoms with Gasteiger partial charge in [0.2, 0.25) is 5.56 Å². The van der Waals surface area contributed by atoms with Gasteiger partial charge in [-0.3, -0.25) is 4.79 Å². The fraction of sp³-hybridized carbons (Fsp3) is 0.0588. The lowest BCUT2D eigenvalue weighted by Gasteiger charge is -2.10. The lowest BCUT2D eigenvalue weighted by molar-refractivity contribution is 0.308. The summed E-state index contributed by atoms with van der Waals surface area (Å²) in [5.74, 6) is 0.535. The standard InChI is InChI=1S/C17H14N2O3/c20-16-10-9-13-7-4-8-15(17(13)18-16)22-11-14(19-21)12-5-2-1-3-6-12/h1-10,21H,11H2,(H,18,20)/b19-14+. The Morgan fingerprint density at radius 3 is 2.64 bits per heavy atom. The molecule has 5 nitrogen and oxygen atoms in total. The topological polar surface area (TPSA) is 74.7 Å². The molecule has 0 saturated carbocycles. The zero-order valence-electron chi connectivity index (χ0n) is 11.7. The maximum absolute atomic E-state index is 11.5. The maximum atomic E-state index is 11.5. The highest BCUT2D eigenvalue weighted by Crippen LogP contribution is 2.22. The van der Waals surface area contributed by atoms with Crippen molar-refractivity contribution < 1.29 is 9.94 Å². The molecule has 0 aliphatic heterocycles. The number of H-pyrrole nitrogens is 1. The number of fused-ring (bicyclic) bond motifs is 1. The van der Waals surface area contributed by atoms with E-state index in [0.717, 1.165) is 10.9 Å². The average Bonchev–Trinajstić information content (AvgIpc) is 2.56. The molecule has 0 atom stereocenters. The zero-order chi connectivity index (χ0) is 15.4. The molecule has 5 heteroatoms. The van der Waals surface area contributed by atoms with Crippen molar-refractivity contribution in [3.05, 3.63) is 76.6 Å². The summed E-state index contributed by atoms with van der Waals surface area (Å²) in [6.45, 7) is 0.0938. The molecular formula is C17H14N2O3. The molecule has 3 rings (SSSR count). The average molecular weight is 294 g/mol. The first-order valence-electron chi connectivity index (χ1n) is 6.79. The van der Waals surface area contributed by atoms with Crippen molar-refractivity contribution in [3.8, 4) is 5.75 Å². The van der Waals surface area contributed by atoms with Gasteiger partial charge in [-0.1, -0.05) is 47.6 Å². The third-order valence-electron chi connectivity index (χ3n) is 3.31. The number of nitrogens with one attached hydrogen (secondary N) is 1. The van der Waals surface area contributed by atoms with Crippen LogP contribution in [0, 0.1) is 0 Å². The van der Waals surface area contributed by atoms with Gasteiger partial charge in [0, 0.05) is 17.0 Å². The molecule has 2 aromatic carbocycles. The fourth-order valence-corrected chi connectivity index (χ4v) is 2.22. The van der Waals surface area contributed by atoms with Crippen LogP contribution in [-0.4, -0.2) is 22.5 Å². The van der Waals surface area contributed by atoms with Crippen molar-refractivity contribution >= 4 is 16.6 Å². The van der Waals surface area contributed by atoms with E-state index in [1.807, 2.05) is 42.5 Å². The zero-order valence-corrected chi connectivity index (χ0v) is 11.7. The molecular weight excluding hydrogens is 280 g/mol. The molecule has 0 radical (unpaired) electrons. The summed E-state index contributed by atoms with van der Waals surface area (Å²) in [5.41, 5.74) is 1.62. The molecule has 0 spiro atoms. The van der Waals surface area contributed by atoms with Gasteiger partial charge in [0.05, 0.1) is 5.52 Å². The summed E-state index contributed by atoms with van der Waals surface area (Å²) in [6, 6.07) is 18.0. The molecule has 22 heavy (non-hydrogen) atoms. The number of rotatable bonds is 4. The Morgan fingerprint density at radius 1 is 1.05 bits per heavy atom. The van der Waals surface area contributed by atoms with Crippen molar-refractivity contribution in [2.75, 3.05) is 6.61 Å². The van der Waals surface area contributed by atoms with E-state index in [1.165, 1.54) is 6.07 Å². The van der Waals surface area contributed by atoms with Crippen molar-refractivity contribution in [3.63, 3.8) is 0 Å². The lowest BCUT2D eigenvalue weighted by atomic mass is 10.1. The van der Waals surface area contributed by atoms with Crippen molar-refractivity contribution in [1.29, 1.82) is 0 Å². The highest BCUT2D eigenvalue weighted by atomic mass is 16.5. The Labute approximate surface area is 126 Å². The van der Waals surface area contributed by atoms with Gasteiger partial charge in [-0.2, -0.15) is 0 Å². The first-order chi connectivity index (χ1) is 10.8. The second kappa shape index (κ2) is 6.13. The number of hydrogen-bond acceptors (Lipinski definition) is 4. The van der Waals surface area contributed by atoms with Gasteiger partial charge in [-0.05, 0) is 12.1 Å². The van der Waals surface area contributed by atoms with E-state index < -0.39 is 0 Å². The Morgan fingerprint density at radius 2 is 1.86 bits per heavy atom. The SMILES string of the molecule is O=c1ccc2cccc(OC/C(=N\O)c3ccccc3)c2[nH]1. The van der Waals surface area contributed by atoms with E-state index in [0.29, 0.717) is 17.0 Å². The summed E-state index contributed by atoms with van der Waals surface area (Å²) >= 11 is 0. The normalized spacial score (nSPS) is 11.5. The molecule has 1 aromatic heterocycles. The number of aromatic amines is 1. The monoisotopic (exact) mass is 294 g/mol. The second-order valence-electron chi connectivity index (χ2n) is 4.74. The van der Waals surface area contributed by atoms with Crippen molar-refractivity contribution in [2.45, 2.75) is 0 Å². The van der Waals surface area contributed by atoms with Crippen LogP contribution in [0.2, 0.25) is 0 Å². The van der Waals surface area contributed by atoms with Crippen LogP contribution in [-0.2, 0) is 0 Å². The summed E-state index contributed by atoms with van der Waals surface area (Å²) in [4.78, 5) is 14.2.